The molecule has 1 aliphatic heterocycles. The van der Waals surface area contributed by atoms with Crippen molar-refractivity contribution in [3.63, 3.8) is 0 Å². The van der Waals surface area contributed by atoms with Crippen molar-refractivity contribution in [3.05, 3.63) is 75.3 Å². The van der Waals surface area contributed by atoms with Gasteiger partial charge < -0.3 is 14.7 Å². The van der Waals surface area contributed by atoms with Gasteiger partial charge in [-0.25, -0.2) is 0 Å². The molecule has 7 heteroatoms. The summed E-state index contributed by atoms with van der Waals surface area (Å²) in [5.74, 6) is -1.67. The van der Waals surface area contributed by atoms with Crippen LogP contribution >= 0.6 is 23.2 Å². The topological polar surface area (TPSA) is 66.8 Å². The third-order valence-corrected chi connectivity index (χ3v) is 5.12. The monoisotopic (exact) mass is 405 g/mol. The van der Waals surface area contributed by atoms with Gasteiger partial charge in [-0.3, -0.25) is 9.59 Å². The Labute approximate surface area is 166 Å². The number of aliphatic hydroxyl groups excluding tert-OH is 1. The first-order chi connectivity index (χ1) is 13.0. The fraction of sp³-hybridized carbons (Fsp3) is 0.200. The van der Waals surface area contributed by atoms with Crippen molar-refractivity contribution in [1.29, 1.82) is 0 Å². The minimum Gasteiger partial charge on any atom is -0.507 e. The molecule has 0 spiro atoms. The molecule has 1 N–H and O–H groups in total. The van der Waals surface area contributed by atoms with Crippen LogP contribution in [0.1, 0.15) is 17.2 Å². The lowest BCUT2D eigenvalue weighted by atomic mass is 9.95. The van der Waals surface area contributed by atoms with Gasteiger partial charge in [0, 0.05) is 19.2 Å². The van der Waals surface area contributed by atoms with Gasteiger partial charge in [0.25, 0.3) is 11.7 Å². The highest BCUT2D eigenvalue weighted by Crippen LogP contribution is 2.40. The number of benzene rings is 2. The largest absolute Gasteiger partial charge is 0.507 e. The number of methoxy groups -OCH3 is 1. The lowest BCUT2D eigenvalue weighted by Gasteiger charge is -2.25. The fourth-order valence-corrected chi connectivity index (χ4v) is 3.39. The normalized spacial score (nSPS) is 18.9. The van der Waals surface area contributed by atoms with Crippen molar-refractivity contribution in [2.75, 3.05) is 20.3 Å². The summed E-state index contributed by atoms with van der Waals surface area (Å²) in [5.41, 5.74) is 1.05. The molecule has 1 aliphatic rings. The number of likely N-dealkylation sites (tertiary alicyclic amines) is 1. The zero-order valence-corrected chi connectivity index (χ0v) is 16.0. The Morgan fingerprint density at radius 1 is 1.11 bits per heavy atom. The number of ether oxygens (including phenoxy) is 1. The first kappa shape index (κ1) is 19.4. The molecule has 140 valence electrons. The molecule has 0 unspecified atom stereocenters. The molecule has 0 bridgehead atoms. The summed E-state index contributed by atoms with van der Waals surface area (Å²) in [6.07, 6.45) is 0. The van der Waals surface area contributed by atoms with Crippen molar-refractivity contribution in [2.45, 2.75) is 6.04 Å². The summed E-state index contributed by atoms with van der Waals surface area (Å²) in [5, 5.41) is 11.5. The van der Waals surface area contributed by atoms with Crippen LogP contribution in [-0.4, -0.2) is 42.0 Å². The molecule has 2 aromatic rings. The van der Waals surface area contributed by atoms with E-state index in [1.165, 1.54) is 12.0 Å². The van der Waals surface area contributed by atoms with Crippen LogP contribution in [0.25, 0.3) is 5.76 Å². The first-order valence-electron chi connectivity index (χ1n) is 8.23. The molecule has 5 nitrogen and oxygen atoms in total. The van der Waals surface area contributed by atoms with E-state index in [0.29, 0.717) is 21.2 Å². The van der Waals surface area contributed by atoms with Gasteiger partial charge in [-0.05, 0) is 17.7 Å². The SMILES string of the molecule is COCCN1C(=O)C(=O)/C(=C(/O)c2ccccc2)[C@@H]1c1ccc(Cl)c(Cl)c1. The van der Waals surface area contributed by atoms with Crippen LogP contribution in [0.15, 0.2) is 54.1 Å². The second-order valence-corrected chi connectivity index (χ2v) is 6.84. The summed E-state index contributed by atoms with van der Waals surface area (Å²) in [6.45, 7) is 0.438. The Hall–Kier alpha value is -2.34. The van der Waals surface area contributed by atoms with Crippen LogP contribution < -0.4 is 0 Å². The summed E-state index contributed by atoms with van der Waals surface area (Å²) in [4.78, 5) is 26.7. The van der Waals surface area contributed by atoms with E-state index in [1.807, 2.05) is 0 Å². The highest BCUT2D eigenvalue weighted by atomic mass is 35.5. The number of ketones is 1. The standard InChI is InChI=1S/C20H17Cl2NO4/c1-27-10-9-23-17(13-7-8-14(21)15(22)11-13)16(19(25)20(23)26)18(24)12-5-3-2-4-6-12/h2-8,11,17,24H,9-10H2,1H3/b18-16+/t17-/m0/s1. The number of nitrogens with zero attached hydrogens (tertiary/aromatic N) is 1. The molecular weight excluding hydrogens is 389 g/mol. The minimum absolute atomic E-state index is 0.0145. The van der Waals surface area contributed by atoms with Crippen molar-refractivity contribution in [2.24, 2.45) is 0 Å². The van der Waals surface area contributed by atoms with E-state index in [0.717, 1.165) is 0 Å². The molecular formula is C20H17Cl2NO4. The predicted octanol–water partition coefficient (Wildman–Crippen LogP) is 4.06. The van der Waals surface area contributed by atoms with Crippen LogP contribution in [-0.2, 0) is 14.3 Å². The lowest BCUT2D eigenvalue weighted by molar-refractivity contribution is -0.140. The van der Waals surface area contributed by atoms with Crippen LogP contribution in [0.4, 0.5) is 0 Å². The molecule has 1 fully saturated rings. The molecule has 27 heavy (non-hydrogen) atoms. The zero-order chi connectivity index (χ0) is 19.6. The van der Waals surface area contributed by atoms with E-state index < -0.39 is 17.7 Å². The number of halogens is 2. The van der Waals surface area contributed by atoms with Gasteiger partial charge in [0.1, 0.15) is 5.76 Å². The van der Waals surface area contributed by atoms with Crippen molar-refractivity contribution < 1.29 is 19.4 Å². The number of hydrogen-bond donors (Lipinski definition) is 1. The maximum atomic E-state index is 12.7. The van der Waals surface area contributed by atoms with Gasteiger partial charge >= 0.3 is 0 Å². The Balaban J connectivity index is 2.18. The molecule has 0 aromatic heterocycles. The second-order valence-electron chi connectivity index (χ2n) is 6.02. The van der Waals surface area contributed by atoms with Gasteiger partial charge in [0.05, 0.1) is 28.3 Å². The van der Waals surface area contributed by atoms with Gasteiger partial charge in [-0.1, -0.05) is 59.6 Å². The van der Waals surface area contributed by atoms with Gasteiger partial charge in [-0.15, -0.1) is 0 Å². The Bertz CT molecular complexity index is 911. The lowest BCUT2D eigenvalue weighted by Crippen LogP contribution is -2.32. The number of carbonyl (C=O) groups is 2. The number of amides is 1. The zero-order valence-electron chi connectivity index (χ0n) is 14.5. The maximum absolute atomic E-state index is 12.7. The second kappa shape index (κ2) is 8.13. The number of aliphatic hydroxyl groups is 1. The molecule has 0 saturated carbocycles. The molecule has 2 aromatic carbocycles. The van der Waals surface area contributed by atoms with E-state index >= 15 is 0 Å². The summed E-state index contributed by atoms with van der Waals surface area (Å²) < 4.78 is 5.06. The molecule has 0 aliphatic carbocycles. The third kappa shape index (κ3) is 3.72. The molecule has 0 radical (unpaired) electrons. The van der Waals surface area contributed by atoms with Crippen LogP contribution in [0.3, 0.4) is 0 Å². The van der Waals surface area contributed by atoms with Crippen LogP contribution in [0.5, 0.6) is 0 Å². The van der Waals surface area contributed by atoms with Crippen molar-refractivity contribution in [3.8, 4) is 0 Å². The third-order valence-electron chi connectivity index (χ3n) is 4.38. The van der Waals surface area contributed by atoms with Gasteiger partial charge in [-0.2, -0.15) is 0 Å². The van der Waals surface area contributed by atoms with E-state index in [1.54, 1.807) is 48.5 Å². The molecule has 1 atom stereocenters. The van der Waals surface area contributed by atoms with E-state index in [2.05, 4.69) is 0 Å². The van der Waals surface area contributed by atoms with E-state index in [4.69, 9.17) is 27.9 Å². The quantitative estimate of drug-likeness (QED) is 0.462. The molecule has 1 heterocycles. The average Bonchev–Trinajstić information content (AvgIpc) is 2.93. The maximum Gasteiger partial charge on any atom is 0.295 e. The van der Waals surface area contributed by atoms with E-state index in [9.17, 15) is 14.7 Å². The number of rotatable bonds is 5. The first-order valence-corrected chi connectivity index (χ1v) is 8.99. The number of hydrogen-bond acceptors (Lipinski definition) is 4. The smallest absolute Gasteiger partial charge is 0.295 e. The summed E-state index contributed by atoms with van der Waals surface area (Å²) in [6, 6.07) is 12.7. The molecule has 1 amide bonds. The van der Waals surface area contributed by atoms with Gasteiger partial charge in [0.15, 0.2) is 0 Å². The Kier molecular flexibility index (Phi) is 5.85. The average molecular weight is 406 g/mol. The Morgan fingerprint density at radius 2 is 1.81 bits per heavy atom. The predicted molar refractivity (Wildman–Crippen MR) is 104 cm³/mol. The summed E-state index contributed by atoms with van der Waals surface area (Å²) >= 11 is 12.1. The van der Waals surface area contributed by atoms with Crippen molar-refractivity contribution >= 4 is 40.7 Å². The molecule has 3 rings (SSSR count). The Morgan fingerprint density at radius 3 is 2.44 bits per heavy atom. The van der Waals surface area contributed by atoms with Crippen LogP contribution in [0.2, 0.25) is 10.0 Å². The molecule has 1 saturated heterocycles. The number of Topliss-reactive ketones (excluding diaryl/α,β-unsaturated/α-hetero) is 1. The van der Waals surface area contributed by atoms with Crippen molar-refractivity contribution in [1.82, 2.24) is 4.90 Å². The van der Waals surface area contributed by atoms with Crippen LogP contribution in [0, 0.1) is 0 Å². The summed E-state index contributed by atoms with van der Waals surface area (Å²) in [7, 11) is 1.51. The number of carbonyl (C=O) groups excluding carboxylic acids is 2. The highest BCUT2D eigenvalue weighted by molar-refractivity contribution is 6.46. The fourth-order valence-electron chi connectivity index (χ4n) is 3.08. The minimum atomic E-state index is -0.782. The van der Waals surface area contributed by atoms with E-state index in [-0.39, 0.29) is 24.5 Å². The highest BCUT2D eigenvalue weighted by Gasteiger charge is 2.45. The van der Waals surface area contributed by atoms with Gasteiger partial charge in [0.2, 0.25) is 0 Å².